The van der Waals surface area contributed by atoms with Gasteiger partial charge in [0, 0.05) is 17.6 Å². The maximum absolute atomic E-state index is 13.3. The van der Waals surface area contributed by atoms with E-state index in [9.17, 15) is 4.39 Å². The molecular weight excluding hydrogens is 469 g/mol. The molecule has 0 saturated heterocycles. The zero-order chi connectivity index (χ0) is 22.5. The molecule has 0 unspecified atom stereocenters. The Hall–Kier alpha value is -1.30. The fourth-order valence-electron chi connectivity index (χ4n) is 3.64. The van der Waals surface area contributed by atoms with Crippen molar-refractivity contribution in [1.29, 1.82) is 0 Å². The summed E-state index contributed by atoms with van der Waals surface area (Å²) in [6.45, 7) is 14.6. The van der Waals surface area contributed by atoms with Gasteiger partial charge in [0.25, 0.3) is 0 Å². The highest BCUT2D eigenvalue weighted by Crippen LogP contribution is 2.38. The first-order valence-electron chi connectivity index (χ1n) is 10.2. The third-order valence-electron chi connectivity index (χ3n) is 4.50. The van der Waals surface area contributed by atoms with Crippen LogP contribution in [0.4, 0.5) is 4.39 Å². The zero-order valence-corrected chi connectivity index (χ0v) is 21.0. The lowest BCUT2D eigenvalue weighted by atomic mass is 9.82. The Bertz CT molecular complexity index is 865. The van der Waals surface area contributed by atoms with Crippen LogP contribution in [-0.2, 0) is 13.2 Å². The summed E-state index contributed by atoms with van der Waals surface area (Å²) >= 11 is 9.74. The van der Waals surface area contributed by atoms with Gasteiger partial charge < -0.3 is 14.8 Å². The molecule has 0 atom stereocenters. The van der Waals surface area contributed by atoms with E-state index in [-0.39, 0.29) is 23.4 Å². The van der Waals surface area contributed by atoms with Crippen LogP contribution in [0, 0.1) is 11.2 Å². The first-order chi connectivity index (χ1) is 13.9. The van der Waals surface area contributed by atoms with Crippen molar-refractivity contribution in [1.82, 2.24) is 5.32 Å². The van der Waals surface area contributed by atoms with Crippen LogP contribution >= 0.6 is 27.5 Å². The standard InChI is InChI=1S/C24H32BrClFNO2/c1-7-29-21-11-16(13-28-24(5,6)15-23(2,3)4)10-19(25)22(21)30-14-17-8-9-18(27)12-20(17)26/h8-12,28H,7,13-15H2,1-6H3. The summed E-state index contributed by atoms with van der Waals surface area (Å²) in [4.78, 5) is 0. The Balaban J connectivity index is 2.16. The predicted octanol–water partition coefficient (Wildman–Crippen LogP) is 7.52. The largest absolute Gasteiger partial charge is 0.490 e. The molecule has 0 spiro atoms. The van der Waals surface area contributed by atoms with E-state index in [1.807, 2.05) is 19.1 Å². The quantitative estimate of drug-likeness (QED) is 0.386. The first kappa shape index (κ1) is 25.0. The second-order valence-corrected chi connectivity index (χ2v) is 10.6. The van der Waals surface area contributed by atoms with Gasteiger partial charge in [-0.05, 0) is 78.4 Å². The second-order valence-electron chi connectivity index (χ2n) is 9.34. The van der Waals surface area contributed by atoms with Gasteiger partial charge in [-0.1, -0.05) is 38.4 Å². The molecule has 0 radical (unpaired) electrons. The van der Waals surface area contributed by atoms with Crippen LogP contribution in [0.1, 0.15) is 59.1 Å². The number of ether oxygens (including phenoxy) is 2. The van der Waals surface area contributed by atoms with E-state index in [1.54, 1.807) is 6.07 Å². The molecule has 0 aliphatic heterocycles. The maximum Gasteiger partial charge on any atom is 0.175 e. The van der Waals surface area contributed by atoms with Crippen LogP contribution in [-0.4, -0.2) is 12.1 Å². The summed E-state index contributed by atoms with van der Waals surface area (Å²) in [5, 5.41) is 3.99. The van der Waals surface area contributed by atoms with Crippen molar-refractivity contribution in [2.75, 3.05) is 6.61 Å². The normalized spacial score (nSPS) is 12.2. The smallest absolute Gasteiger partial charge is 0.175 e. The van der Waals surface area contributed by atoms with Gasteiger partial charge >= 0.3 is 0 Å². The minimum Gasteiger partial charge on any atom is -0.490 e. The molecule has 0 aliphatic carbocycles. The molecule has 0 fully saturated rings. The van der Waals surface area contributed by atoms with Crippen molar-refractivity contribution in [2.24, 2.45) is 5.41 Å². The number of hydrogen-bond acceptors (Lipinski definition) is 3. The molecule has 0 bridgehead atoms. The minimum atomic E-state index is -0.369. The van der Waals surface area contributed by atoms with Gasteiger partial charge in [0.15, 0.2) is 11.5 Å². The minimum absolute atomic E-state index is 0.00497. The summed E-state index contributed by atoms with van der Waals surface area (Å²) in [6.07, 6.45) is 1.05. The molecule has 166 valence electrons. The van der Waals surface area contributed by atoms with Gasteiger partial charge in [-0.3, -0.25) is 0 Å². The van der Waals surface area contributed by atoms with Crippen molar-refractivity contribution in [3.63, 3.8) is 0 Å². The molecule has 30 heavy (non-hydrogen) atoms. The van der Waals surface area contributed by atoms with Crippen molar-refractivity contribution >= 4 is 27.5 Å². The lowest BCUT2D eigenvalue weighted by Gasteiger charge is -2.33. The number of benzene rings is 2. The molecule has 2 rings (SSSR count). The Labute approximate surface area is 193 Å². The van der Waals surface area contributed by atoms with Crippen LogP contribution in [0.2, 0.25) is 5.02 Å². The molecular formula is C24H32BrClFNO2. The van der Waals surface area contributed by atoms with Crippen LogP contribution in [0.25, 0.3) is 0 Å². The molecule has 6 heteroatoms. The van der Waals surface area contributed by atoms with Crippen LogP contribution in [0.5, 0.6) is 11.5 Å². The third kappa shape index (κ3) is 7.75. The van der Waals surface area contributed by atoms with Gasteiger partial charge in [0.2, 0.25) is 0 Å². The summed E-state index contributed by atoms with van der Waals surface area (Å²) in [5.74, 6) is 0.900. The van der Waals surface area contributed by atoms with Gasteiger partial charge in [-0.2, -0.15) is 0 Å². The van der Waals surface area contributed by atoms with Crippen molar-refractivity contribution in [2.45, 2.75) is 66.7 Å². The number of halogens is 3. The fraction of sp³-hybridized carbons (Fsp3) is 0.500. The Kier molecular flexibility index (Phi) is 8.60. The Morgan fingerprint density at radius 1 is 1.07 bits per heavy atom. The summed E-state index contributed by atoms with van der Waals surface area (Å²) in [7, 11) is 0. The van der Waals surface area contributed by atoms with E-state index in [0.29, 0.717) is 35.2 Å². The number of hydrogen-bond donors (Lipinski definition) is 1. The van der Waals surface area contributed by atoms with Crippen molar-refractivity contribution in [3.8, 4) is 11.5 Å². The maximum atomic E-state index is 13.3. The van der Waals surface area contributed by atoms with E-state index >= 15 is 0 Å². The van der Waals surface area contributed by atoms with E-state index in [2.05, 4.69) is 55.9 Å². The molecule has 0 saturated carbocycles. The molecule has 0 heterocycles. The van der Waals surface area contributed by atoms with E-state index < -0.39 is 0 Å². The molecule has 0 aliphatic rings. The summed E-state index contributed by atoms with van der Waals surface area (Å²) in [6, 6.07) is 8.31. The van der Waals surface area contributed by atoms with E-state index in [4.69, 9.17) is 21.1 Å². The topological polar surface area (TPSA) is 30.5 Å². The van der Waals surface area contributed by atoms with Crippen molar-refractivity contribution < 1.29 is 13.9 Å². The van der Waals surface area contributed by atoms with Gasteiger partial charge in [-0.25, -0.2) is 4.39 Å². The SMILES string of the molecule is CCOc1cc(CNC(C)(C)CC(C)(C)C)cc(Br)c1OCc1ccc(F)cc1Cl. The lowest BCUT2D eigenvalue weighted by molar-refractivity contribution is 0.240. The van der Waals surface area contributed by atoms with Gasteiger partial charge in [0.05, 0.1) is 16.1 Å². The Morgan fingerprint density at radius 3 is 2.37 bits per heavy atom. The zero-order valence-electron chi connectivity index (χ0n) is 18.7. The van der Waals surface area contributed by atoms with E-state index in [0.717, 1.165) is 16.5 Å². The molecule has 1 N–H and O–H groups in total. The first-order valence-corrected chi connectivity index (χ1v) is 11.3. The molecule has 2 aromatic carbocycles. The molecule has 0 amide bonds. The summed E-state index contributed by atoms with van der Waals surface area (Å²) < 4.78 is 25.9. The monoisotopic (exact) mass is 499 g/mol. The Morgan fingerprint density at radius 2 is 1.77 bits per heavy atom. The molecule has 0 aromatic heterocycles. The predicted molar refractivity (Wildman–Crippen MR) is 126 cm³/mol. The second kappa shape index (κ2) is 10.3. The lowest BCUT2D eigenvalue weighted by Crippen LogP contribution is -2.41. The van der Waals surface area contributed by atoms with Crippen LogP contribution < -0.4 is 14.8 Å². The molecule has 2 aromatic rings. The average Bonchev–Trinajstić information content (AvgIpc) is 2.59. The fourth-order valence-corrected chi connectivity index (χ4v) is 4.47. The highest BCUT2D eigenvalue weighted by Gasteiger charge is 2.25. The van der Waals surface area contributed by atoms with Crippen LogP contribution in [0.3, 0.4) is 0 Å². The highest BCUT2D eigenvalue weighted by atomic mass is 79.9. The third-order valence-corrected chi connectivity index (χ3v) is 5.44. The van der Waals surface area contributed by atoms with Crippen LogP contribution in [0.15, 0.2) is 34.8 Å². The number of rotatable bonds is 9. The summed E-state index contributed by atoms with van der Waals surface area (Å²) in [5.41, 5.74) is 2.05. The average molecular weight is 501 g/mol. The number of nitrogens with one attached hydrogen (secondary N) is 1. The highest BCUT2D eigenvalue weighted by molar-refractivity contribution is 9.10. The van der Waals surface area contributed by atoms with Gasteiger partial charge in [-0.15, -0.1) is 0 Å². The van der Waals surface area contributed by atoms with Crippen molar-refractivity contribution in [3.05, 3.63) is 56.8 Å². The van der Waals surface area contributed by atoms with Gasteiger partial charge in [0.1, 0.15) is 12.4 Å². The van der Waals surface area contributed by atoms with E-state index in [1.165, 1.54) is 12.1 Å². The molecule has 3 nitrogen and oxygen atoms in total.